The van der Waals surface area contributed by atoms with Crippen molar-refractivity contribution in [1.29, 1.82) is 0 Å². The molecule has 0 saturated carbocycles. The van der Waals surface area contributed by atoms with E-state index in [0.29, 0.717) is 19.6 Å². The first-order valence-electron chi connectivity index (χ1n) is 9.59. The van der Waals surface area contributed by atoms with Crippen molar-refractivity contribution < 1.29 is 78.8 Å². The average molecular weight is 628 g/mol. The van der Waals surface area contributed by atoms with Crippen LogP contribution < -0.4 is 0 Å². The molecule has 1 radical (unpaired) electrons. The van der Waals surface area contributed by atoms with Gasteiger partial charge in [-0.15, -0.1) is 0 Å². The molecule has 10 nitrogen and oxygen atoms in total. The van der Waals surface area contributed by atoms with Gasteiger partial charge in [0.1, 0.15) is 13.2 Å². The second-order valence-corrected chi connectivity index (χ2v) is 12.2. The Hall–Kier alpha value is -1.14. The van der Waals surface area contributed by atoms with Crippen LogP contribution in [0, 0.1) is 10.8 Å². The molecule has 217 valence electrons. The number of hydrogen-bond donors (Lipinski definition) is 0. The van der Waals surface area contributed by atoms with Crippen LogP contribution in [0.2, 0.25) is 0 Å². The average Bonchev–Trinajstić information content (AvgIpc) is 3.21. The topological polar surface area (TPSA) is 158 Å². The maximum Gasteiger partial charge on any atom is 2.00 e. The van der Waals surface area contributed by atoms with E-state index < -0.39 is 31.3 Å². The van der Waals surface area contributed by atoms with Crippen LogP contribution in [0.3, 0.4) is 0 Å². The first kappa shape index (κ1) is 37.0. The van der Waals surface area contributed by atoms with Crippen LogP contribution >= 0.6 is 0 Å². The Bertz CT molecular complexity index is 918. The van der Waals surface area contributed by atoms with Gasteiger partial charge in [0.2, 0.25) is 0 Å². The second-order valence-electron chi connectivity index (χ2n) is 9.41. The summed E-state index contributed by atoms with van der Waals surface area (Å²) in [4.78, 5) is 9.29. The Balaban J connectivity index is 0. The molecule has 0 unspecified atom stereocenters. The van der Waals surface area contributed by atoms with E-state index in [4.69, 9.17) is 35.4 Å². The molecule has 0 bridgehead atoms. The Morgan fingerprint density at radius 3 is 1.08 bits per heavy atom. The van der Waals surface area contributed by atoms with Crippen molar-refractivity contribution in [2.75, 3.05) is 13.2 Å². The number of nitrogens with zero attached hydrogens (tertiary/aromatic N) is 2. The Kier molecular flexibility index (Phi) is 13.0. The zero-order chi connectivity index (χ0) is 28.3. The third kappa shape index (κ3) is 12.9. The number of alkyl halides is 6. The molecule has 0 spiro atoms. The van der Waals surface area contributed by atoms with Crippen LogP contribution in [0.1, 0.15) is 48.0 Å². The normalized spacial score (nSPS) is 20.8. The van der Waals surface area contributed by atoms with Crippen LogP contribution in [-0.4, -0.2) is 74.1 Å². The van der Waals surface area contributed by atoms with Gasteiger partial charge < -0.3 is 18.6 Å². The molecule has 0 amide bonds. The molecule has 0 fully saturated rings. The number of ether oxygens (including phenoxy) is 2. The SMILES string of the molecule is CC(C)(C)[C@H]1COC(CC2=N[C@@H](C(C)(C)C)CO2)=N1.O=S(=O)([O-])C(F)(F)F.O=S(=O)([O-])C(F)(F)F.[Cu+2]. The van der Waals surface area contributed by atoms with Gasteiger partial charge in [-0.05, 0) is 10.8 Å². The quantitative estimate of drug-likeness (QED) is 0.195. The monoisotopic (exact) mass is 627 g/mol. The van der Waals surface area contributed by atoms with E-state index in [1.165, 1.54) is 0 Å². The summed E-state index contributed by atoms with van der Waals surface area (Å²) in [5, 5.41) is 0. The van der Waals surface area contributed by atoms with Crippen molar-refractivity contribution in [2.24, 2.45) is 20.8 Å². The molecular formula is C17H26CuF6N2O8S2. The fraction of sp³-hybridized carbons (Fsp3) is 0.882. The molecule has 0 aromatic rings. The van der Waals surface area contributed by atoms with Gasteiger partial charge in [-0.25, -0.2) is 26.8 Å². The van der Waals surface area contributed by atoms with E-state index in [-0.39, 0.29) is 40.0 Å². The van der Waals surface area contributed by atoms with Gasteiger partial charge in [0, 0.05) is 0 Å². The minimum absolute atomic E-state index is 0. The molecule has 0 aliphatic carbocycles. The van der Waals surface area contributed by atoms with E-state index in [0.717, 1.165) is 11.8 Å². The summed E-state index contributed by atoms with van der Waals surface area (Å²) in [6.07, 6.45) is 0.596. The molecule has 2 atom stereocenters. The molecular weight excluding hydrogens is 602 g/mol. The second kappa shape index (κ2) is 12.6. The van der Waals surface area contributed by atoms with Crippen LogP contribution in [0.25, 0.3) is 0 Å². The number of rotatable bonds is 2. The maximum atomic E-state index is 10.7. The Morgan fingerprint density at radius 1 is 0.722 bits per heavy atom. The molecule has 0 aromatic carbocycles. The Morgan fingerprint density at radius 2 is 0.944 bits per heavy atom. The van der Waals surface area contributed by atoms with Gasteiger partial charge in [0.15, 0.2) is 32.0 Å². The van der Waals surface area contributed by atoms with Crippen LogP contribution in [0.5, 0.6) is 0 Å². The fourth-order valence-electron chi connectivity index (χ4n) is 2.06. The van der Waals surface area contributed by atoms with Crippen molar-refractivity contribution in [3.05, 3.63) is 0 Å². The van der Waals surface area contributed by atoms with Gasteiger partial charge in [-0.1, -0.05) is 41.5 Å². The van der Waals surface area contributed by atoms with Crippen LogP contribution in [0.15, 0.2) is 9.98 Å². The predicted molar refractivity (Wildman–Crippen MR) is 109 cm³/mol. The zero-order valence-corrected chi connectivity index (χ0v) is 22.4. The molecule has 2 aliphatic heterocycles. The van der Waals surface area contributed by atoms with E-state index in [9.17, 15) is 26.3 Å². The summed E-state index contributed by atoms with van der Waals surface area (Å²) in [6, 6.07) is 0.478. The molecule has 36 heavy (non-hydrogen) atoms. The van der Waals surface area contributed by atoms with Crippen molar-refractivity contribution in [3.8, 4) is 0 Å². The smallest absolute Gasteiger partial charge is 0.741 e. The molecule has 0 N–H and O–H groups in total. The van der Waals surface area contributed by atoms with Crippen molar-refractivity contribution >= 4 is 32.0 Å². The van der Waals surface area contributed by atoms with E-state index >= 15 is 0 Å². The first-order chi connectivity index (χ1) is 15.2. The molecule has 0 aromatic heterocycles. The first-order valence-corrected chi connectivity index (χ1v) is 12.4. The summed E-state index contributed by atoms with van der Waals surface area (Å²) in [7, 11) is -12.2. The third-order valence-corrected chi connectivity index (χ3v) is 5.42. The van der Waals surface area contributed by atoms with E-state index in [1.807, 2.05) is 0 Å². The largest absolute Gasteiger partial charge is 2.00 e. The predicted octanol–water partition coefficient (Wildman–Crippen LogP) is 3.16. The van der Waals surface area contributed by atoms with Crippen LogP contribution in [-0.2, 0) is 46.8 Å². The van der Waals surface area contributed by atoms with Gasteiger partial charge in [-0.2, -0.15) is 26.3 Å². The molecule has 2 rings (SSSR count). The molecule has 19 heteroatoms. The number of hydrogen-bond acceptors (Lipinski definition) is 10. The summed E-state index contributed by atoms with van der Waals surface area (Å²) in [6.45, 7) is 14.5. The molecule has 2 heterocycles. The van der Waals surface area contributed by atoms with Crippen molar-refractivity contribution in [3.63, 3.8) is 0 Å². The van der Waals surface area contributed by atoms with Crippen molar-refractivity contribution in [1.82, 2.24) is 0 Å². The van der Waals surface area contributed by atoms with E-state index in [1.54, 1.807) is 0 Å². The summed E-state index contributed by atoms with van der Waals surface area (Å²) >= 11 is 0. The summed E-state index contributed by atoms with van der Waals surface area (Å²) < 4.78 is 129. The minimum atomic E-state index is -6.09. The minimum Gasteiger partial charge on any atom is -0.741 e. The fourth-order valence-corrected chi connectivity index (χ4v) is 2.06. The maximum absolute atomic E-state index is 10.7. The Labute approximate surface area is 215 Å². The molecule has 0 saturated heterocycles. The summed E-state index contributed by atoms with van der Waals surface area (Å²) in [5.74, 6) is 1.54. The number of aliphatic imine (C=N–C) groups is 2. The summed E-state index contributed by atoms with van der Waals surface area (Å²) in [5.41, 5.74) is -11.0. The van der Waals surface area contributed by atoms with Gasteiger partial charge in [0.25, 0.3) is 0 Å². The van der Waals surface area contributed by atoms with Crippen molar-refractivity contribution in [2.45, 2.75) is 71.1 Å². The standard InChI is InChI=1S/C15H26N2O2.2CHF3O3S.Cu/c1-14(2,3)10-8-18-12(16-10)7-13-17-11(9-19-13)15(4,5)6;2*2-1(3,4)8(5,6)7;/h10-11H,7-9H2,1-6H3;2*(H,5,6,7);/q;;;+2/p-2/t10-,11-;;;/m1.../s1. The number of halogens is 6. The van der Waals surface area contributed by atoms with Gasteiger partial charge in [-0.3, -0.25) is 0 Å². The van der Waals surface area contributed by atoms with Gasteiger partial charge >= 0.3 is 28.1 Å². The zero-order valence-electron chi connectivity index (χ0n) is 19.8. The van der Waals surface area contributed by atoms with E-state index in [2.05, 4.69) is 51.5 Å². The van der Waals surface area contributed by atoms with Crippen LogP contribution in [0.4, 0.5) is 26.3 Å². The molecule has 2 aliphatic rings. The third-order valence-electron chi connectivity index (χ3n) is 4.28. The van der Waals surface area contributed by atoms with Gasteiger partial charge in [0.05, 0.1) is 18.5 Å².